The van der Waals surface area contributed by atoms with Crippen molar-refractivity contribution in [2.75, 3.05) is 71.9 Å². The Morgan fingerprint density at radius 2 is 1.67 bits per heavy atom. The van der Waals surface area contributed by atoms with Gasteiger partial charge in [-0.25, -0.2) is 13.4 Å². The van der Waals surface area contributed by atoms with E-state index >= 15 is 0 Å². The molecule has 1 amide bonds. The van der Waals surface area contributed by atoms with E-state index in [0.717, 1.165) is 45.7 Å². The quantitative estimate of drug-likeness (QED) is 0.227. The van der Waals surface area contributed by atoms with E-state index in [1.165, 1.54) is 0 Å². The van der Waals surface area contributed by atoms with Gasteiger partial charge in [0, 0.05) is 56.2 Å². The number of hydrogen-bond acceptors (Lipinski definition) is 7. The van der Waals surface area contributed by atoms with Crippen LogP contribution < -0.4 is 11.1 Å². The number of carbonyl (C=O) groups is 1. The molecule has 2 aromatic carbocycles. The summed E-state index contributed by atoms with van der Waals surface area (Å²) < 4.78 is 31.4. The van der Waals surface area contributed by atoms with E-state index in [0.29, 0.717) is 48.6 Å². The molecule has 0 aromatic heterocycles. The molecule has 2 saturated heterocycles. The molecule has 232 valence electrons. The first kappa shape index (κ1) is 32.4. The molecule has 2 fully saturated rings. The van der Waals surface area contributed by atoms with Gasteiger partial charge in [0.1, 0.15) is 0 Å². The second-order valence-corrected chi connectivity index (χ2v) is 13.4. The minimum absolute atomic E-state index is 0.0274. The normalized spacial score (nSPS) is 17.7. The Bertz CT molecular complexity index is 1390. The highest BCUT2D eigenvalue weighted by atomic mass is 32.2. The molecular formula is C32H44N6O4S. The highest BCUT2D eigenvalue weighted by molar-refractivity contribution is 7.92. The Hall–Kier alpha value is -3.51. The maximum Gasteiger partial charge on any atom is 0.253 e. The average Bonchev–Trinajstić information content (AvgIpc) is 3.01. The summed E-state index contributed by atoms with van der Waals surface area (Å²) >= 11 is 0. The summed E-state index contributed by atoms with van der Waals surface area (Å²) in [5, 5.41) is 2.64. The van der Waals surface area contributed by atoms with Crippen LogP contribution in [0.2, 0.25) is 0 Å². The number of sulfone groups is 1. The Morgan fingerprint density at radius 1 is 1.05 bits per heavy atom. The van der Waals surface area contributed by atoms with Gasteiger partial charge in [-0.2, -0.15) is 0 Å². The van der Waals surface area contributed by atoms with Crippen LogP contribution in [0, 0.1) is 0 Å². The van der Waals surface area contributed by atoms with E-state index in [1.54, 1.807) is 60.7 Å². The number of piperazine rings is 1. The monoisotopic (exact) mass is 608 g/mol. The molecular weight excluding hydrogens is 564 g/mol. The van der Waals surface area contributed by atoms with Crippen LogP contribution in [0.4, 0.5) is 5.69 Å². The predicted molar refractivity (Wildman–Crippen MR) is 173 cm³/mol. The van der Waals surface area contributed by atoms with Crippen LogP contribution in [0.5, 0.6) is 0 Å². The lowest BCUT2D eigenvalue weighted by Gasteiger charge is -2.35. The first-order valence-electron chi connectivity index (χ1n) is 14.8. The Kier molecular flexibility index (Phi) is 11.5. The molecule has 0 unspecified atom stereocenters. The van der Waals surface area contributed by atoms with E-state index in [2.05, 4.69) is 40.8 Å². The molecule has 0 saturated carbocycles. The average molecular weight is 609 g/mol. The maximum absolute atomic E-state index is 13.1. The summed E-state index contributed by atoms with van der Waals surface area (Å²) in [6.07, 6.45) is 5.44. The van der Waals surface area contributed by atoms with Crippen LogP contribution in [0.25, 0.3) is 5.70 Å². The van der Waals surface area contributed by atoms with E-state index in [9.17, 15) is 13.2 Å². The van der Waals surface area contributed by atoms with E-state index < -0.39 is 15.1 Å². The Labute approximate surface area is 255 Å². The second kappa shape index (κ2) is 15.3. The fraction of sp³-hybridized carbons (Fsp3) is 0.438. The Morgan fingerprint density at radius 3 is 2.28 bits per heavy atom. The van der Waals surface area contributed by atoms with Crippen LogP contribution in [-0.4, -0.2) is 107 Å². The van der Waals surface area contributed by atoms with E-state index in [4.69, 9.17) is 10.5 Å². The predicted octanol–water partition coefficient (Wildman–Crippen LogP) is 3.30. The smallest absolute Gasteiger partial charge is 0.253 e. The van der Waals surface area contributed by atoms with Crippen molar-refractivity contribution in [1.29, 1.82) is 0 Å². The van der Waals surface area contributed by atoms with Gasteiger partial charge in [-0.05, 0) is 88.9 Å². The van der Waals surface area contributed by atoms with Crippen molar-refractivity contribution in [2.24, 2.45) is 10.7 Å². The molecule has 2 aliphatic rings. The number of ether oxygens (including phenoxy) is 1. The van der Waals surface area contributed by atoms with Crippen LogP contribution in [0.3, 0.4) is 0 Å². The van der Waals surface area contributed by atoms with Crippen LogP contribution in [0.15, 0.2) is 77.1 Å². The molecule has 0 bridgehead atoms. The summed E-state index contributed by atoms with van der Waals surface area (Å²) in [5.41, 5.74) is 8.78. The lowest BCUT2D eigenvalue weighted by atomic mass is 10.1. The van der Waals surface area contributed by atoms with Crippen LogP contribution in [-0.2, 0) is 14.6 Å². The maximum atomic E-state index is 13.1. The molecule has 2 aliphatic heterocycles. The fourth-order valence-electron chi connectivity index (χ4n) is 5.27. The van der Waals surface area contributed by atoms with Gasteiger partial charge < -0.3 is 25.6 Å². The molecule has 43 heavy (non-hydrogen) atoms. The highest BCUT2D eigenvalue weighted by Crippen LogP contribution is 2.26. The van der Waals surface area contributed by atoms with Gasteiger partial charge in [0.25, 0.3) is 5.91 Å². The number of rotatable bonds is 11. The number of guanidine groups is 1. The van der Waals surface area contributed by atoms with E-state index in [1.807, 2.05) is 4.90 Å². The number of aliphatic imine (C=N–C) groups is 1. The number of amides is 1. The van der Waals surface area contributed by atoms with Crippen molar-refractivity contribution in [3.63, 3.8) is 0 Å². The zero-order chi connectivity index (χ0) is 30.8. The van der Waals surface area contributed by atoms with Crippen LogP contribution >= 0.6 is 0 Å². The summed E-state index contributed by atoms with van der Waals surface area (Å²) in [5.74, 6) is 0.177. The lowest BCUT2D eigenvalue weighted by Crippen LogP contribution is -2.49. The van der Waals surface area contributed by atoms with Crippen molar-refractivity contribution >= 4 is 33.1 Å². The zero-order valence-electron chi connectivity index (χ0n) is 25.2. The number of benzene rings is 2. The van der Waals surface area contributed by atoms with Crippen LogP contribution in [0.1, 0.15) is 35.2 Å². The molecule has 0 radical (unpaired) electrons. The minimum Gasteiger partial charge on any atom is -0.381 e. The summed E-state index contributed by atoms with van der Waals surface area (Å²) in [4.78, 5) is 24.4. The third-order valence-corrected chi connectivity index (χ3v) is 10.0. The second-order valence-electron chi connectivity index (χ2n) is 11.2. The molecule has 2 aromatic rings. The molecule has 0 spiro atoms. The molecule has 3 N–H and O–H groups in total. The lowest BCUT2D eigenvalue weighted by molar-refractivity contribution is 0.0634. The number of nitrogens with two attached hydrogens (primary N) is 1. The number of nitrogens with one attached hydrogen (secondary N) is 1. The summed E-state index contributed by atoms with van der Waals surface area (Å²) in [6.45, 7) is 10.0. The third kappa shape index (κ3) is 8.99. The van der Waals surface area contributed by atoms with Gasteiger partial charge in [0.2, 0.25) is 0 Å². The van der Waals surface area contributed by atoms with Crippen molar-refractivity contribution in [2.45, 2.75) is 29.4 Å². The Balaban J connectivity index is 1.34. The van der Waals surface area contributed by atoms with Crippen molar-refractivity contribution in [3.8, 4) is 0 Å². The zero-order valence-corrected chi connectivity index (χ0v) is 26.1. The number of hydrogen-bond donors (Lipinski definition) is 2. The third-order valence-electron chi connectivity index (χ3n) is 7.75. The molecule has 0 aliphatic carbocycles. The van der Waals surface area contributed by atoms with Gasteiger partial charge in [-0.15, -0.1) is 0 Å². The molecule has 4 rings (SSSR count). The number of anilines is 1. The molecule has 0 atom stereocenters. The minimum atomic E-state index is -3.43. The number of carbonyl (C=O) groups excluding carboxylic acids is 1. The number of nitrogens with zero attached hydrogens (tertiary/aromatic N) is 4. The van der Waals surface area contributed by atoms with Crippen molar-refractivity contribution < 1.29 is 17.9 Å². The molecule has 11 heteroatoms. The van der Waals surface area contributed by atoms with Gasteiger partial charge in [-0.1, -0.05) is 24.8 Å². The summed E-state index contributed by atoms with van der Waals surface area (Å²) in [6, 6.07) is 13.9. The van der Waals surface area contributed by atoms with Gasteiger partial charge in [-0.3, -0.25) is 9.69 Å². The van der Waals surface area contributed by atoms with Crippen molar-refractivity contribution in [3.05, 3.63) is 78.4 Å². The highest BCUT2D eigenvalue weighted by Gasteiger charge is 2.29. The van der Waals surface area contributed by atoms with E-state index in [-0.39, 0.29) is 16.8 Å². The van der Waals surface area contributed by atoms with Gasteiger partial charge >= 0.3 is 0 Å². The first-order valence-corrected chi connectivity index (χ1v) is 16.3. The van der Waals surface area contributed by atoms with Gasteiger partial charge in [0.15, 0.2) is 15.8 Å². The summed E-state index contributed by atoms with van der Waals surface area (Å²) in [7, 11) is 0.741. The largest absolute Gasteiger partial charge is 0.381 e. The molecule has 2 heterocycles. The first-order chi connectivity index (χ1) is 20.7. The number of allylic oxidation sites excluding steroid dienone is 2. The van der Waals surface area contributed by atoms with Gasteiger partial charge in [0.05, 0.1) is 15.8 Å². The topological polar surface area (TPSA) is 121 Å². The fourth-order valence-corrected chi connectivity index (χ4v) is 6.99. The molecule has 10 nitrogen and oxygen atoms in total. The SMILES string of the molecule is C=C/C=C(\N=C(/N)Nc1ccc(C(=O)N2CCN(CCCN(C)C)CC2)cc1)c1ccc(S(=O)(=O)C2CCOCC2)cc1. The standard InChI is InChI=1S/C32H44N6O4S/c1-4-6-30(25-9-13-28(14-10-25)43(40,41)29-15-23-42-24-16-29)35-32(33)34-27-11-7-26(8-12-27)31(39)38-21-19-37(20-22-38)18-5-17-36(2)3/h4,6-14,29H,1,5,15-24H2,2-3H3,(H3,33,34,35)/b30-6-. The van der Waals surface area contributed by atoms with Crippen molar-refractivity contribution in [1.82, 2.24) is 14.7 Å².